The molecule has 20 heavy (non-hydrogen) atoms. The minimum atomic E-state index is -1.09. The maximum atomic E-state index is 13.2. The highest BCUT2D eigenvalue weighted by Crippen LogP contribution is 2.61. The topological polar surface area (TPSA) is 54.4 Å². The van der Waals surface area contributed by atoms with Crippen molar-refractivity contribution in [3.63, 3.8) is 0 Å². The van der Waals surface area contributed by atoms with Crippen molar-refractivity contribution in [3.8, 4) is 0 Å². The molecule has 3 heteroatoms. The second-order valence-electron chi connectivity index (χ2n) is 6.58. The Morgan fingerprint density at radius 2 is 1.80 bits per heavy atom. The third kappa shape index (κ3) is 1.52. The Labute approximate surface area is 120 Å². The van der Waals surface area contributed by atoms with Gasteiger partial charge in [-0.1, -0.05) is 26.0 Å². The second-order valence-corrected chi connectivity index (χ2v) is 6.58. The lowest BCUT2D eigenvalue weighted by molar-refractivity contribution is -0.163. The highest BCUT2D eigenvalue weighted by atomic mass is 16.3. The molecule has 0 spiro atoms. The molecule has 0 radical (unpaired) electrons. The molecule has 0 aromatic carbocycles. The summed E-state index contributed by atoms with van der Waals surface area (Å²) in [5.74, 6) is -0.544. The van der Waals surface area contributed by atoms with Gasteiger partial charge in [-0.25, -0.2) is 0 Å². The van der Waals surface area contributed by atoms with Crippen LogP contribution >= 0.6 is 0 Å². The van der Waals surface area contributed by atoms with Crippen molar-refractivity contribution in [2.45, 2.75) is 39.5 Å². The molecule has 2 atom stereocenters. The zero-order chi connectivity index (χ0) is 15.2. The summed E-state index contributed by atoms with van der Waals surface area (Å²) in [6.45, 7) is 11.3. The lowest BCUT2D eigenvalue weighted by atomic mass is 9.44. The normalized spacial score (nSPS) is 35.4. The number of hydrogen-bond donors (Lipinski definition) is 1. The van der Waals surface area contributed by atoms with Gasteiger partial charge in [-0.15, -0.1) is 13.2 Å². The first-order chi connectivity index (χ1) is 9.28. The summed E-state index contributed by atoms with van der Waals surface area (Å²) < 4.78 is 0. The Balaban J connectivity index is 2.73. The molecule has 2 rings (SSSR count). The van der Waals surface area contributed by atoms with Crippen LogP contribution in [0.1, 0.15) is 39.5 Å². The molecule has 1 N–H and O–H groups in total. The minimum Gasteiger partial charge on any atom is -0.511 e. The predicted octanol–water partition coefficient (Wildman–Crippen LogP) is 3.53. The van der Waals surface area contributed by atoms with Crippen LogP contribution < -0.4 is 0 Å². The standard InChI is InChI=1S/C17H22O3/c1-5-7-16-10-9-15(3,4)17(8-6-2,14(16)20)13(19)11-12(16)18/h5-6,11,18H,1-2,7-10H2,3-4H3/t16-,17+/m0/s1. The van der Waals surface area contributed by atoms with Gasteiger partial charge in [-0.3, -0.25) is 9.59 Å². The minimum absolute atomic E-state index is 0.0948. The molecule has 0 aromatic heterocycles. The lowest BCUT2D eigenvalue weighted by Gasteiger charge is -2.55. The highest BCUT2D eigenvalue weighted by molar-refractivity contribution is 6.18. The molecule has 0 aromatic rings. The summed E-state index contributed by atoms with van der Waals surface area (Å²) in [4.78, 5) is 25.7. The van der Waals surface area contributed by atoms with Gasteiger partial charge in [0.1, 0.15) is 11.2 Å². The lowest BCUT2D eigenvalue weighted by Crippen LogP contribution is -2.62. The zero-order valence-corrected chi connectivity index (χ0v) is 12.2. The van der Waals surface area contributed by atoms with E-state index in [2.05, 4.69) is 13.2 Å². The third-order valence-electron chi connectivity index (χ3n) is 5.28. The Morgan fingerprint density at radius 3 is 2.35 bits per heavy atom. The summed E-state index contributed by atoms with van der Waals surface area (Å²) in [6.07, 6.45) is 6.50. The van der Waals surface area contributed by atoms with Crippen LogP contribution in [0, 0.1) is 16.2 Å². The Morgan fingerprint density at radius 1 is 1.20 bits per heavy atom. The number of rotatable bonds is 4. The number of carbonyl (C=O) groups excluding carboxylic acids is 2. The van der Waals surface area contributed by atoms with E-state index >= 15 is 0 Å². The van der Waals surface area contributed by atoms with E-state index in [4.69, 9.17) is 0 Å². The van der Waals surface area contributed by atoms with Gasteiger partial charge in [0.15, 0.2) is 11.6 Å². The molecule has 0 aliphatic heterocycles. The molecular formula is C17H22O3. The van der Waals surface area contributed by atoms with E-state index in [0.717, 1.165) is 0 Å². The molecular weight excluding hydrogens is 252 g/mol. The average Bonchev–Trinajstić information content (AvgIpc) is 2.37. The zero-order valence-electron chi connectivity index (χ0n) is 12.2. The monoisotopic (exact) mass is 274 g/mol. The number of ketones is 2. The molecule has 2 aliphatic carbocycles. The van der Waals surface area contributed by atoms with Crippen LogP contribution in [0.3, 0.4) is 0 Å². The number of Topliss-reactive ketones (excluding diaryl/α,β-unsaturated/α-hetero) is 1. The molecule has 0 heterocycles. The van der Waals surface area contributed by atoms with Crippen LogP contribution in [-0.4, -0.2) is 16.7 Å². The molecule has 108 valence electrons. The van der Waals surface area contributed by atoms with Crippen LogP contribution in [0.15, 0.2) is 37.1 Å². The fraction of sp³-hybridized carbons (Fsp3) is 0.529. The number of fused-ring (bicyclic) bond motifs is 2. The van der Waals surface area contributed by atoms with E-state index < -0.39 is 16.2 Å². The predicted molar refractivity (Wildman–Crippen MR) is 78.2 cm³/mol. The number of hydrogen-bond acceptors (Lipinski definition) is 3. The molecule has 1 saturated carbocycles. The first-order valence-corrected chi connectivity index (χ1v) is 7.01. The van der Waals surface area contributed by atoms with Crippen molar-refractivity contribution < 1.29 is 14.7 Å². The van der Waals surface area contributed by atoms with E-state index in [1.54, 1.807) is 12.2 Å². The maximum absolute atomic E-state index is 13.2. The largest absolute Gasteiger partial charge is 0.511 e. The molecule has 3 nitrogen and oxygen atoms in total. The Bertz CT molecular complexity index is 526. The molecule has 0 amide bonds. The Hall–Kier alpha value is -1.64. The third-order valence-corrected chi connectivity index (χ3v) is 5.28. The first kappa shape index (κ1) is 14.8. The fourth-order valence-electron chi connectivity index (χ4n) is 3.88. The second kappa shape index (κ2) is 4.44. The maximum Gasteiger partial charge on any atom is 0.173 e. The van der Waals surface area contributed by atoms with Crippen molar-refractivity contribution >= 4 is 11.6 Å². The van der Waals surface area contributed by atoms with E-state index in [1.165, 1.54) is 6.08 Å². The average molecular weight is 274 g/mol. The van der Waals surface area contributed by atoms with Gasteiger partial charge >= 0.3 is 0 Å². The van der Waals surface area contributed by atoms with Crippen molar-refractivity contribution in [1.29, 1.82) is 0 Å². The van der Waals surface area contributed by atoms with E-state index in [9.17, 15) is 14.7 Å². The van der Waals surface area contributed by atoms with Crippen molar-refractivity contribution in [2.24, 2.45) is 16.2 Å². The number of allylic oxidation sites excluding steroid dienone is 4. The van der Waals surface area contributed by atoms with E-state index in [-0.39, 0.29) is 17.3 Å². The summed E-state index contributed by atoms with van der Waals surface area (Å²) in [7, 11) is 0. The Kier molecular flexibility index (Phi) is 3.28. The smallest absolute Gasteiger partial charge is 0.173 e. The molecule has 0 saturated heterocycles. The summed E-state index contributed by atoms with van der Waals surface area (Å²) in [5.41, 5.74) is -2.49. The summed E-state index contributed by atoms with van der Waals surface area (Å²) in [5, 5.41) is 10.2. The van der Waals surface area contributed by atoms with Crippen LogP contribution in [0.4, 0.5) is 0 Å². The van der Waals surface area contributed by atoms with E-state index in [0.29, 0.717) is 25.7 Å². The number of carbonyl (C=O) groups is 2. The van der Waals surface area contributed by atoms with Crippen molar-refractivity contribution in [2.75, 3.05) is 0 Å². The number of aliphatic hydroxyl groups is 1. The quantitative estimate of drug-likeness (QED) is 0.630. The van der Waals surface area contributed by atoms with Gasteiger partial charge in [-0.2, -0.15) is 0 Å². The van der Waals surface area contributed by atoms with Gasteiger partial charge in [0.25, 0.3) is 0 Å². The van der Waals surface area contributed by atoms with Gasteiger partial charge in [-0.05, 0) is 31.1 Å². The van der Waals surface area contributed by atoms with Crippen LogP contribution in [0.5, 0.6) is 0 Å². The van der Waals surface area contributed by atoms with Gasteiger partial charge < -0.3 is 5.11 Å². The number of aliphatic hydroxyl groups excluding tert-OH is 1. The van der Waals surface area contributed by atoms with Gasteiger partial charge in [0.2, 0.25) is 0 Å². The van der Waals surface area contributed by atoms with Crippen molar-refractivity contribution in [3.05, 3.63) is 37.1 Å². The molecule has 2 bridgehead atoms. The van der Waals surface area contributed by atoms with Crippen molar-refractivity contribution in [1.82, 2.24) is 0 Å². The molecule has 2 aliphatic rings. The first-order valence-electron chi connectivity index (χ1n) is 7.01. The summed E-state index contributed by atoms with van der Waals surface area (Å²) >= 11 is 0. The summed E-state index contributed by atoms with van der Waals surface area (Å²) in [6, 6.07) is 0. The highest BCUT2D eigenvalue weighted by Gasteiger charge is 2.66. The van der Waals surface area contributed by atoms with Crippen LogP contribution in [-0.2, 0) is 9.59 Å². The van der Waals surface area contributed by atoms with E-state index in [1.807, 2.05) is 13.8 Å². The van der Waals surface area contributed by atoms with Crippen LogP contribution in [0.25, 0.3) is 0 Å². The molecule has 1 fully saturated rings. The van der Waals surface area contributed by atoms with Gasteiger partial charge in [0, 0.05) is 6.08 Å². The van der Waals surface area contributed by atoms with Crippen LogP contribution in [0.2, 0.25) is 0 Å². The fourth-order valence-corrected chi connectivity index (χ4v) is 3.88. The molecule has 0 unspecified atom stereocenters. The van der Waals surface area contributed by atoms with Gasteiger partial charge in [0.05, 0.1) is 5.41 Å². The SMILES string of the molecule is C=CC[C@]12CCC(C)(C)[C@](CC=C)(C(=O)C=C1O)C2=O.